The zero-order chi connectivity index (χ0) is 13.1. The minimum absolute atomic E-state index is 0.165. The molecule has 1 rings (SSSR count). The molecule has 0 amide bonds. The summed E-state index contributed by atoms with van der Waals surface area (Å²) in [6.07, 6.45) is -4.62. The molecule has 1 aromatic rings. The second-order valence-corrected chi connectivity index (χ2v) is 4.05. The van der Waals surface area contributed by atoms with Gasteiger partial charge >= 0.3 is 12.1 Å². The highest BCUT2D eigenvalue weighted by Crippen LogP contribution is 2.34. The largest absolute Gasteiger partial charge is 0.481 e. The molecule has 17 heavy (non-hydrogen) atoms. The van der Waals surface area contributed by atoms with Crippen molar-refractivity contribution in [3.63, 3.8) is 0 Å². The molecular formula is C10H6F3NO2S. The van der Waals surface area contributed by atoms with Crippen LogP contribution >= 0.6 is 11.8 Å². The number of halogens is 3. The summed E-state index contributed by atoms with van der Waals surface area (Å²) in [7, 11) is 0. The number of nitrogens with zero attached hydrogens (tertiary/aromatic N) is 1. The van der Waals surface area contributed by atoms with E-state index in [2.05, 4.69) is 0 Å². The molecule has 1 aromatic carbocycles. The Morgan fingerprint density at radius 3 is 2.59 bits per heavy atom. The van der Waals surface area contributed by atoms with E-state index in [1.54, 1.807) is 0 Å². The van der Waals surface area contributed by atoms with Crippen molar-refractivity contribution in [2.24, 2.45) is 0 Å². The van der Waals surface area contributed by atoms with Gasteiger partial charge in [-0.2, -0.15) is 18.4 Å². The summed E-state index contributed by atoms with van der Waals surface area (Å²) < 4.78 is 37.6. The first-order valence-corrected chi connectivity index (χ1v) is 5.29. The molecule has 0 aromatic heterocycles. The summed E-state index contributed by atoms with van der Waals surface area (Å²) in [4.78, 5) is 10.4. The van der Waals surface area contributed by atoms with Crippen LogP contribution in [0.25, 0.3) is 0 Å². The molecule has 0 bridgehead atoms. The molecule has 7 heteroatoms. The predicted molar refractivity (Wildman–Crippen MR) is 54.5 cm³/mol. The highest BCUT2D eigenvalue weighted by molar-refractivity contribution is 8.00. The van der Waals surface area contributed by atoms with Crippen LogP contribution in [-0.2, 0) is 11.0 Å². The Balaban J connectivity index is 3.06. The number of carboxylic acids is 1. The van der Waals surface area contributed by atoms with Gasteiger partial charge in [0.15, 0.2) is 0 Å². The molecule has 0 radical (unpaired) electrons. The van der Waals surface area contributed by atoms with Crippen LogP contribution in [0.5, 0.6) is 0 Å². The third-order valence-corrected chi connectivity index (χ3v) is 2.76. The molecule has 0 spiro atoms. The standard InChI is InChI=1S/C10H6F3NO2S/c11-10(12,13)8-3-7(17-5-9(15)16)2-1-6(8)4-14/h1-3H,5H2,(H,15,16). The second kappa shape index (κ2) is 5.10. The van der Waals surface area contributed by atoms with Crippen LogP contribution in [0.3, 0.4) is 0 Å². The summed E-state index contributed by atoms with van der Waals surface area (Å²) in [6.45, 7) is 0. The summed E-state index contributed by atoms with van der Waals surface area (Å²) in [5, 5.41) is 16.9. The van der Waals surface area contributed by atoms with Gasteiger partial charge in [0.2, 0.25) is 0 Å². The molecule has 0 fully saturated rings. The third kappa shape index (κ3) is 3.67. The van der Waals surface area contributed by atoms with Crippen molar-refractivity contribution in [3.05, 3.63) is 29.3 Å². The smallest absolute Gasteiger partial charge is 0.417 e. The molecule has 0 heterocycles. The van der Waals surface area contributed by atoms with Crippen molar-refractivity contribution in [1.29, 1.82) is 5.26 Å². The summed E-state index contributed by atoms with van der Waals surface area (Å²) in [6, 6.07) is 4.56. The first-order chi connectivity index (χ1) is 7.84. The first kappa shape index (κ1) is 13.4. The molecule has 0 unspecified atom stereocenters. The van der Waals surface area contributed by atoms with Gasteiger partial charge in [-0.25, -0.2) is 0 Å². The normalized spacial score (nSPS) is 10.9. The van der Waals surface area contributed by atoms with Gasteiger partial charge < -0.3 is 5.11 Å². The highest BCUT2D eigenvalue weighted by atomic mass is 32.2. The van der Waals surface area contributed by atoms with Crippen LogP contribution < -0.4 is 0 Å². The number of hydrogen-bond acceptors (Lipinski definition) is 3. The van der Waals surface area contributed by atoms with Gasteiger partial charge in [-0.1, -0.05) is 0 Å². The number of hydrogen-bond donors (Lipinski definition) is 1. The van der Waals surface area contributed by atoms with E-state index in [-0.39, 0.29) is 10.6 Å². The number of benzene rings is 1. The van der Waals surface area contributed by atoms with Crippen LogP contribution in [0, 0.1) is 11.3 Å². The third-order valence-electron chi connectivity index (χ3n) is 1.78. The summed E-state index contributed by atoms with van der Waals surface area (Å²) >= 11 is 0.769. The van der Waals surface area contributed by atoms with Crippen LogP contribution in [0.4, 0.5) is 13.2 Å². The maximum Gasteiger partial charge on any atom is 0.417 e. The van der Waals surface area contributed by atoms with Crippen LogP contribution in [0.2, 0.25) is 0 Å². The van der Waals surface area contributed by atoms with E-state index < -0.39 is 23.3 Å². The number of nitriles is 1. The van der Waals surface area contributed by atoms with Crippen LogP contribution in [0.15, 0.2) is 23.1 Å². The zero-order valence-corrected chi connectivity index (χ0v) is 9.10. The highest BCUT2D eigenvalue weighted by Gasteiger charge is 2.33. The van der Waals surface area contributed by atoms with E-state index in [1.807, 2.05) is 0 Å². The number of thioether (sulfide) groups is 1. The number of alkyl halides is 3. The molecule has 0 aliphatic heterocycles. The molecular weight excluding hydrogens is 255 g/mol. The quantitative estimate of drug-likeness (QED) is 0.850. The van der Waals surface area contributed by atoms with Gasteiger partial charge in [-0.05, 0) is 18.2 Å². The molecule has 0 saturated carbocycles. The van der Waals surface area contributed by atoms with Gasteiger partial charge in [0.05, 0.1) is 22.9 Å². The minimum atomic E-state index is -4.62. The lowest BCUT2D eigenvalue weighted by molar-refractivity contribution is -0.138. The van der Waals surface area contributed by atoms with Crippen molar-refractivity contribution >= 4 is 17.7 Å². The lowest BCUT2D eigenvalue weighted by Crippen LogP contribution is -2.08. The fourth-order valence-electron chi connectivity index (χ4n) is 1.09. The average Bonchev–Trinajstić information content (AvgIpc) is 2.24. The van der Waals surface area contributed by atoms with Crippen molar-refractivity contribution in [2.75, 3.05) is 5.75 Å². The molecule has 0 aliphatic carbocycles. The SMILES string of the molecule is N#Cc1ccc(SCC(=O)O)cc1C(F)(F)F. The Labute approximate surface area is 98.9 Å². The predicted octanol–water partition coefficient (Wildman–Crippen LogP) is 2.75. The molecule has 0 atom stereocenters. The number of carbonyl (C=O) groups is 1. The maximum atomic E-state index is 12.5. The van der Waals surface area contributed by atoms with Crippen molar-refractivity contribution in [2.45, 2.75) is 11.1 Å². The monoisotopic (exact) mass is 261 g/mol. The Kier molecular flexibility index (Phi) is 4.02. The minimum Gasteiger partial charge on any atom is -0.481 e. The van der Waals surface area contributed by atoms with Gasteiger partial charge in [0.1, 0.15) is 0 Å². The number of carboxylic acid groups (broad SMARTS) is 1. The Morgan fingerprint density at radius 2 is 2.12 bits per heavy atom. The Bertz CT molecular complexity index is 479. The fraction of sp³-hybridized carbons (Fsp3) is 0.200. The topological polar surface area (TPSA) is 61.1 Å². The van der Waals surface area contributed by atoms with E-state index in [4.69, 9.17) is 10.4 Å². The lowest BCUT2D eigenvalue weighted by Gasteiger charge is -2.09. The summed E-state index contributed by atoms with van der Waals surface area (Å²) in [5.74, 6) is -1.45. The van der Waals surface area contributed by atoms with Gasteiger partial charge in [-0.15, -0.1) is 11.8 Å². The molecule has 0 saturated heterocycles. The zero-order valence-electron chi connectivity index (χ0n) is 8.28. The van der Waals surface area contributed by atoms with Crippen molar-refractivity contribution < 1.29 is 23.1 Å². The average molecular weight is 261 g/mol. The van der Waals surface area contributed by atoms with Crippen molar-refractivity contribution in [3.8, 4) is 6.07 Å². The fourth-order valence-corrected chi connectivity index (χ4v) is 1.75. The van der Waals surface area contributed by atoms with Gasteiger partial charge in [-0.3, -0.25) is 4.79 Å². The summed E-state index contributed by atoms with van der Waals surface area (Å²) in [5.41, 5.74) is -1.52. The van der Waals surface area contributed by atoms with E-state index in [1.165, 1.54) is 12.1 Å². The number of rotatable bonds is 3. The first-order valence-electron chi connectivity index (χ1n) is 4.30. The number of aliphatic carboxylic acids is 1. The van der Waals surface area contributed by atoms with E-state index in [0.29, 0.717) is 0 Å². The molecule has 3 nitrogen and oxygen atoms in total. The van der Waals surface area contributed by atoms with Gasteiger partial charge in [0.25, 0.3) is 0 Å². The van der Waals surface area contributed by atoms with Crippen LogP contribution in [-0.4, -0.2) is 16.8 Å². The van der Waals surface area contributed by atoms with Gasteiger partial charge in [0, 0.05) is 4.90 Å². The molecule has 1 N–H and O–H groups in total. The Morgan fingerprint density at radius 1 is 1.47 bits per heavy atom. The Hall–Kier alpha value is -1.68. The van der Waals surface area contributed by atoms with Crippen LogP contribution in [0.1, 0.15) is 11.1 Å². The van der Waals surface area contributed by atoms with E-state index in [9.17, 15) is 18.0 Å². The van der Waals surface area contributed by atoms with E-state index >= 15 is 0 Å². The maximum absolute atomic E-state index is 12.5. The second-order valence-electron chi connectivity index (χ2n) is 3.00. The molecule has 0 aliphatic rings. The molecule has 90 valence electrons. The van der Waals surface area contributed by atoms with E-state index in [0.717, 1.165) is 23.9 Å². The lowest BCUT2D eigenvalue weighted by atomic mass is 10.1. The van der Waals surface area contributed by atoms with Crippen molar-refractivity contribution in [1.82, 2.24) is 0 Å².